The predicted molar refractivity (Wildman–Crippen MR) is 67.4 cm³/mol. The number of carbonyl (C=O) groups excluding carboxylic acids is 1. The Kier molecular flexibility index (Phi) is 4.33. The van der Waals surface area contributed by atoms with E-state index in [1.165, 1.54) is 0 Å². The zero-order valence-electron chi connectivity index (χ0n) is 10.9. The number of hydrogen-bond acceptors (Lipinski definition) is 7. The minimum absolute atomic E-state index is 0.0131. The number of amides is 1. The minimum Gasteiger partial charge on any atom is -0.395 e. The number of carbonyl (C=O) groups is 1. The van der Waals surface area contributed by atoms with Gasteiger partial charge >= 0.3 is 0 Å². The number of likely N-dealkylation sites (tertiary alicyclic amines) is 1. The third-order valence-electron chi connectivity index (χ3n) is 3.45. The summed E-state index contributed by atoms with van der Waals surface area (Å²) in [4.78, 5) is 16.2. The number of nitrogen functional groups attached to an aromatic ring is 1. The van der Waals surface area contributed by atoms with E-state index in [4.69, 9.17) is 10.8 Å². The average Bonchev–Trinajstić information content (AvgIpc) is 2.83. The standard InChI is InChI=1S/C11H19N5O3/c1-15-4-2-8(3-5-15)16(6-7-17)11(18)9-10(12)14-19-13-9/h8,17H,2-7H2,1H3,(H2,12,14). The van der Waals surface area contributed by atoms with Gasteiger partial charge in [0.15, 0.2) is 0 Å². The van der Waals surface area contributed by atoms with Crippen LogP contribution in [0.2, 0.25) is 0 Å². The fraction of sp³-hybridized carbons (Fsp3) is 0.727. The van der Waals surface area contributed by atoms with Gasteiger partial charge in [-0.3, -0.25) is 4.79 Å². The molecule has 19 heavy (non-hydrogen) atoms. The molecule has 2 heterocycles. The zero-order chi connectivity index (χ0) is 13.8. The summed E-state index contributed by atoms with van der Waals surface area (Å²) in [5.74, 6) is -0.344. The van der Waals surface area contributed by atoms with Crippen molar-refractivity contribution < 1.29 is 14.5 Å². The van der Waals surface area contributed by atoms with E-state index in [9.17, 15) is 4.79 Å². The average molecular weight is 269 g/mol. The van der Waals surface area contributed by atoms with E-state index >= 15 is 0 Å². The molecule has 0 atom stereocenters. The second-order valence-electron chi connectivity index (χ2n) is 4.75. The summed E-state index contributed by atoms with van der Waals surface area (Å²) in [6.45, 7) is 2.02. The fourth-order valence-electron chi connectivity index (χ4n) is 2.34. The van der Waals surface area contributed by atoms with Crippen molar-refractivity contribution in [2.45, 2.75) is 18.9 Å². The lowest BCUT2D eigenvalue weighted by molar-refractivity contribution is 0.0530. The van der Waals surface area contributed by atoms with Crippen molar-refractivity contribution >= 4 is 11.7 Å². The van der Waals surface area contributed by atoms with E-state index in [0.717, 1.165) is 25.9 Å². The van der Waals surface area contributed by atoms with Crippen molar-refractivity contribution in [2.75, 3.05) is 39.0 Å². The van der Waals surface area contributed by atoms with E-state index in [-0.39, 0.29) is 36.6 Å². The Morgan fingerprint density at radius 2 is 2.21 bits per heavy atom. The highest BCUT2D eigenvalue weighted by Gasteiger charge is 2.30. The van der Waals surface area contributed by atoms with Gasteiger partial charge in [-0.15, -0.1) is 0 Å². The molecule has 2 rings (SSSR count). The molecular weight excluding hydrogens is 250 g/mol. The summed E-state index contributed by atoms with van der Waals surface area (Å²) in [5, 5.41) is 16.1. The third kappa shape index (κ3) is 3.02. The molecular formula is C11H19N5O3. The van der Waals surface area contributed by atoms with Gasteiger partial charge in [-0.05, 0) is 43.3 Å². The van der Waals surface area contributed by atoms with Crippen molar-refractivity contribution in [1.29, 1.82) is 0 Å². The predicted octanol–water partition coefficient (Wildman–Crippen LogP) is -0.819. The van der Waals surface area contributed by atoms with Gasteiger partial charge in [0.2, 0.25) is 11.5 Å². The van der Waals surface area contributed by atoms with Crippen molar-refractivity contribution in [1.82, 2.24) is 20.1 Å². The molecule has 0 aromatic carbocycles. The third-order valence-corrected chi connectivity index (χ3v) is 3.45. The molecule has 8 nitrogen and oxygen atoms in total. The van der Waals surface area contributed by atoms with Gasteiger partial charge in [0.1, 0.15) is 0 Å². The Morgan fingerprint density at radius 3 is 2.74 bits per heavy atom. The van der Waals surface area contributed by atoms with Crippen LogP contribution in [0.1, 0.15) is 23.3 Å². The van der Waals surface area contributed by atoms with Gasteiger partial charge in [0, 0.05) is 12.6 Å². The van der Waals surface area contributed by atoms with E-state index < -0.39 is 0 Å². The number of nitrogens with zero attached hydrogens (tertiary/aromatic N) is 4. The smallest absolute Gasteiger partial charge is 0.280 e. The van der Waals surface area contributed by atoms with Gasteiger partial charge in [-0.1, -0.05) is 0 Å². The SMILES string of the molecule is CN1CCC(N(CCO)C(=O)c2nonc2N)CC1. The molecule has 1 fully saturated rings. The van der Waals surface area contributed by atoms with Crippen molar-refractivity contribution in [3.63, 3.8) is 0 Å². The Bertz CT molecular complexity index is 428. The van der Waals surface area contributed by atoms with Crippen molar-refractivity contribution in [3.8, 4) is 0 Å². The minimum atomic E-state index is -0.331. The fourth-order valence-corrected chi connectivity index (χ4v) is 2.34. The first kappa shape index (κ1) is 13.8. The number of anilines is 1. The molecule has 1 saturated heterocycles. The molecule has 1 aliphatic heterocycles. The molecule has 0 saturated carbocycles. The first-order valence-electron chi connectivity index (χ1n) is 6.32. The maximum Gasteiger partial charge on any atom is 0.280 e. The molecule has 1 aliphatic rings. The number of aliphatic hydroxyl groups excluding tert-OH is 1. The molecule has 0 aliphatic carbocycles. The molecule has 3 N–H and O–H groups in total. The molecule has 0 unspecified atom stereocenters. The highest BCUT2D eigenvalue weighted by molar-refractivity contribution is 5.96. The highest BCUT2D eigenvalue weighted by atomic mass is 16.6. The maximum absolute atomic E-state index is 12.4. The highest BCUT2D eigenvalue weighted by Crippen LogP contribution is 2.19. The van der Waals surface area contributed by atoms with Crippen LogP contribution in [0.15, 0.2) is 4.63 Å². The number of aliphatic hydroxyl groups is 1. The molecule has 1 aromatic rings. The number of nitrogens with two attached hydrogens (primary N) is 1. The van der Waals surface area contributed by atoms with Crippen LogP contribution < -0.4 is 5.73 Å². The molecule has 1 amide bonds. The van der Waals surface area contributed by atoms with E-state index in [1.54, 1.807) is 4.90 Å². The van der Waals surface area contributed by atoms with Gasteiger partial charge in [0.05, 0.1) is 6.61 Å². The summed E-state index contributed by atoms with van der Waals surface area (Å²) in [5.41, 5.74) is 5.56. The van der Waals surface area contributed by atoms with E-state index in [1.807, 2.05) is 7.05 Å². The lowest BCUT2D eigenvalue weighted by Crippen LogP contribution is -2.47. The lowest BCUT2D eigenvalue weighted by atomic mass is 10.0. The quantitative estimate of drug-likeness (QED) is 0.735. The van der Waals surface area contributed by atoms with Gasteiger partial charge in [0.25, 0.3) is 5.91 Å². The summed E-state index contributed by atoms with van der Waals surface area (Å²) >= 11 is 0. The van der Waals surface area contributed by atoms with Crippen LogP contribution in [-0.2, 0) is 0 Å². The molecule has 1 aromatic heterocycles. The van der Waals surface area contributed by atoms with E-state index in [0.29, 0.717) is 0 Å². The van der Waals surface area contributed by atoms with E-state index in [2.05, 4.69) is 19.8 Å². The van der Waals surface area contributed by atoms with Crippen LogP contribution in [-0.4, -0.2) is 70.5 Å². The monoisotopic (exact) mass is 269 g/mol. The Morgan fingerprint density at radius 1 is 1.53 bits per heavy atom. The topological polar surface area (TPSA) is 109 Å². The molecule has 8 heteroatoms. The molecule has 0 radical (unpaired) electrons. The number of rotatable bonds is 4. The summed E-state index contributed by atoms with van der Waals surface area (Å²) < 4.78 is 4.46. The number of hydrogen-bond donors (Lipinski definition) is 2. The second kappa shape index (κ2) is 5.98. The van der Waals surface area contributed by atoms with Crippen molar-refractivity contribution in [3.05, 3.63) is 5.69 Å². The van der Waals surface area contributed by atoms with Crippen LogP contribution in [0.3, 0.4) is 0 Å². The Balaban J connectivity index is 2.11. The van der Waals surface area contributed by atoms with Crippen LogP contribution in [0.4, 0.5) is 5.82 Å². The van der Waals surface area contributed by atoms with Crippen LogP contribution >= 0.6 is 0 Å². The van der Waals surface area contributed by atoms with Gasteiger partial charge < -0.3 is 20.6 Å². The Labute approximate surface area is 111 Å². The van der Waals surface area contributed by atoms with Gasteiger partial charge in [-0.2, -0.15) is 0 Å². The van der Waals surface area contributed by atoms with Crippen LogP contribution in [0.25, 0.3) is 0 Å². The molecule has 0 spiro atoms. The molecule has 106 valence electrons. The zero-order valence-corrected chi connectivity index (χ0v) is 10.9. The number of piperidine rings is 1. The summed E-state index contributed by atoms with van der Waals surface area (Å²) in [6.07, 6.45) is 1.74. The largest absolute Gasteiger partial charge is 0.395 e. The maximum atomic E-state index is 12.4. The van der Waals surface area contributed by atoms with Gasteiger partial charge in [-0.25, -0.2) is 4.63 Å². The number of aromatic nitrogens is 2. The Hall–Kier alpha value is -1.67. The first-order chi connectivity index (χ1) is 9.13. The van der Waals surface area contributed by atoms with Crippen molar-refractivity contribution in [2.24, 2.45) is 0 Å². The van der Waals surface area contributed by atoms with Crippen LogP contribution in [0, 0.1) is 0 Å². The summed E-state index contributed by atoms with van der Waals surface area (Å²) in [6, 6.07) is 0.0898. The summed E-state index contributed by atoms with van der Waals surface area (Å²) in [7, 11) is 2.05. The molecule has 0 bridgehead atoms. The second-order valence-corrected chi connectivity index (χ2v) is 4.75. The normalized spacial score (nSPS) is 17.6. The first-order valence-corrected chi connectivity index (χ1v) is 6.32. The lowest BCUT2D eigenvalue weighted by Gasteiger charge is -2.36. The van der Waals surface area contributed by atoms with Crippen LogP contribution in [0.5, 0.6) is 0 Å².